The molecule has 0 bridgehead atoms. The highest BCUT2D eigenvalue weighted by molar-refractivity contribution is 6.47. The van der Waals surface area contributed by atoms with Gasteiger partial charge in [-0.3, -0.25) is 9.79 Å². The van der Waals surface area contributed by atoms with E-state index in [1.807, 2.05) is 6.92 Å². The van der Waals surface area contributed by atoms with Gasteiger partial charge in [0.05, 0.1) is 24.7 Å². The van der Waals surface area contributed by atoms with Gasteiger partial charge < -0.3 is 15.8 Å². The Hall–Kier alpha value is -3.53. The lowest BCUT2D eigenvalue weighted by atomic mass is 10.0. The van der Waals surface area contributed by atoms with Crippen LogP contribution in [0.4, 0.5) is 8.78 Å². The largest absolute Gasteiger partial charge is 0.382 e. The number of amidine groups is 1. The van der Waals surface area contributed by atoms with Crippen LogP contribution in [-0.2, 0) is 4.74 Å². The number of halogens is 3. The molecule has 2 aromatic rings. The van der Waals surface area contributed by atoms with Crippen LogP contribution >= 0.6 is 11.6 Å². The van der Waals surface area contributed by atoms with Crippen LogP contribution in [-0.4, -0.2) is 43.4 Å². The van der Waals surface area contributed by atoms with Crippen LogP contribution in [0.15, 0.2) is 51.5 Å². The molecule has 1 aliphatic heterocycles. The second kappa shape index (κ2) is 11.6. The molecule has 3 rings (SSSR count). The monoisotopic (exact) mass is 489 g/mol. The van der Waals surface area contributed by atoms with Gasteiger partial charge in [-0.15, -0.1) is 0 Å². The van der Waals surface area contributed by atoms with Gasteiger partial charge in [-0.1, -0.05) is 29.7 Å². The maximum absolute atomic E-state index is 14.9. The Morgan fingerprint density at radius 1 is 1.38 bits per heavy atom. The predicted octanol–water partition coefficient (Wildman–Crippen LogP) is 4.31. The predicted molar refractivity (Wildman–Crippen MR) is 125 cm³/mol. The molecule has 0 saturated heterocycles. The first kappa shape index (κ1) is 25.1. The topological polar surface area (TPSA) is 138 Å². The van der Waals surface area contributed by atoms with Crippen molar-refractivity contribution in [3.8, 4) is 0 Å². The molecule has 12 heteroatoms. The molecule has 2 aromatic carbocycles. The third-order valence-corrected chi connectivity index (χ3v) is 5.07. The van der Waals surface area contributed by atoms with Crippen molar-refractivity contribution in [2.75, 3.05) is 19.7 Å². The fraction of sp³-hybridized carbons (Fsp3) is 0.318. The van der Waals surface area contributed by atoms with Crippen LogP contribution in [0.2, 0.25) is 5.02 Å². The van der Waals surface area contributed by atoms with E-state index in [1.165, 1.54) is 18.2 Å². The van der Waals surface area contributed by atoms with Gasteiger partial charge in [0.2, 0.25) is 0 Å². The van der Waals surface area contributed by atoms with Gasteiger partial charge >= 0.3 is 0 Å². The summed E-state index contributed by atoms with van der Waals surface area (Å²) in [5.41, 5.74) is 15.3. The van der Waals surface area contributed by atoms with Crippen LogP contribution < -0.4 is 11.1 Å². The van der Waals surface area contributed by atoms with Crippen molar-refractivity contribution >= 4 is 29.1 Å². The van der Waals surface area contributed by atoms with Crippen LogP contribution in [0, 0.1) is 11.6 Å². The van der Waals surface area contributed by atoms with Crippen molar-refractivity contribution in [2.24, 2.45) is 20.8 Å². The average molecular weight is 490 g/mol. The number of carbonyl (C=O) groups excluding carboxylic acids is 1. The summed E-state index contributed by atoms with van der Waals surface area (Å²) >= 11 is 5.89. The molecule has 0 aromatic heterocycles. The highest BCUT2D eigenvalue weighted by Gasteiger charge is 2.22. The van der Waals surface area contributed by atoms with Crippen LogP contribution in [0.1, 0.15) is 40.9 Å². The lowest BCUT2D eigenvalue weighted by Crippen LogP contribution is -2.34. The van der Waals surface area contributed by atoms with Gasteiger partial charge in [0.15, 0.2) is 6.23 Å². The van der Waals surface area contributed by atoms with Crippen molar-refractivity contribution in [1.29, 1.82) is 0 Å². The Morgan fingerprint density at radius 2 is 2.18 bits per heavy atom. The fourth-order valence-corrected chi connectivity index (χ4v) is 3.53. The van der Waals surface area contributed by atoms with Gasteiger partial charge in [-0.05, 0) is 47.8 Å². The lowest BCUT2D eigenvalue weighted by molar-refractivity contribution is 0.0656. The zero-order chi connectivity index (χ0) is 24.7. The van der Waals surface area contributed by atoms with E-state index in [2.05, 4.69) is 25.3 Å². The number of amides is 1. The second-order valence-electron chi connectivity index (χ2n) is 7.37. The molecule has 0 aliphatic carbocycles. The van der Waals surface area contributed by atoms with Crippen LogP contribution in [0.3, 0.4) is 0 Å². The Kier molecular flexibility index (Phi) is 8.53. The maximum atomic E-state index is 14.9. The Labute approximate surface area is 199 Å². The third kappa shape index (κ3) is 6.28. The normalized spacial score (nSPS) is 16.2. The van der Waals surface area contributed by atoms with E-state index in [9.17, 15) is 13.6 Å². The number of rotatable bonds is 9. The molecule has 9 nitrogen and oxygen atoms in total. The minimum absolute atomic E-state index is 0.0977. The summed E-state index contributed by atoms with van der Waals surface area (Å²) in [5, 5.41) is 6.09. The summed E-state index contributed by atoms with van der Waals surface area (Å²) in [5.74, 6) is -2.13. The second-order valence-corrected chi connectivity index (χ2v) is 7.80. The van der Waals surface area contributed by atoms with Crippen molar-refractivity contribution in [3.63, 3.8) is 0 Å². The summed E-state index contributed by atoms with van der Waals surface area (Å²) in [6.45, 7) is 2.51. The number of hydrogen-bond donors (Lipinski definition) is 2. The van der Waals surface area contributed by atoms with Gasteiger partial charge in [0, 0.05) is 22.1 Å². The smallest absolute Gasteiger partial charge is 0.254 e. The number of hydrogen-bond acceptors (Lipinski definition) is 6. The third-order valence-electron chi connectivity index (χ3n) is 4.85. The van der Waals surface area contributed by atoms with Crippen molar-refractivity contribution in [1.82, 2.24) is 5.32 Å². The van der Waals surface area contributed by atoms with E-state index in [0.29, 0.717) is 17.9 Å². The lowest BCUT2D eigenvalue weighted by Gasteiger charge is -2.20. The molecular weight excluding hydrogens is 468 g/mol. The van der Waals surface area contributed by atoms with E-state index in [0.717, 1.165) is 24.6 Å². The minimum Gasteiger partial charge on any atom is -0.382 e. The molecule has 1 heterocycles. The van der Waals surface area contributed by atoms with E-state index in [4.69, 9.17) is 27.6 Å². The zero-order valence-electron chi connectivity index (χ0n) is 18.2. The molecule has 1 aliphatic rings. The molecule has 1 amide bonds. The Morgan fingerprint density at radius 3 is 2.82 bits per heavy atom. The molecular formula is C22H22ClF2N7O2. The van der Waals surface area contributed by atoms with Crippen molar-refractivity contribution in [3.05, 3.63) is 80.2 Å². The SMILES string of the molecule is CCCOC1CN=C(c2ccc(C(=O)N[C@H](CN=[N+]=[N-])c3cc(F)cc(Cl)c3)c(F)c2)C(N)=N1. The molecule has 0 spiro atoms. The molecule has 0 fully saturated rings. The Bertz CT molecular complexity index is 1160. The first-order valence-corrected chi connectivity index (χ1v) is 10.8. The van der Waals surface area contributed by atoms with E-state index in [-0.39, 0.29) is 35.1 Å². The zero-order valence-corrected chi connectivity index (χ0v) is 19.0. The summed E-state index contributed by atoms with van der Waals surface area (Å²) in [7, 11) is 0. The molecule has 1 unspecified atom stereocenters. The molecule has 0 radical (unpaired) electrons. The highest BCUT2D eigenvalue weighted by Crippen LogP contribution is 2.22. The molecule has 2 atom stereocenters. The summed E-state index contributed by atoms with van der Waals surface area (Å²) in [4.78, 5) is 24.0. The highest BCUT2D eigenvalue weighted by atomic mass is 35.5. The number of aliphatic imine (C=N–C) groups is 2. The van der Waals surface area contributed by atoms with E-state index in [1.54, 1.807) is 0 Å². The van der Waals surface area contributed by atoms with Crippen LogP contribution in [0.5, 0.6) is 0 Å². The quantitative estimate of drug-likeness (QED) is 0.308. The van der Waals surface area contributed by atoms with Crippen molar-refractivity contribution < 1.29 is 18.3 Å². The first-order valence-electron chi connectivity index (χ1n) is 10.4. The standard InChI is InChI=1S/C22H22ClF2N7O2/c1-2-5-34-19-11-28-20(21(26)31-19)12-3-4-16(17(25)8-12)22(33)30-18(10-29-32-27)13-6-14(23)9-15(24)7-13/h3-4,6-9,18-19H,2,5,10-11H2,1H3,(H2,26,31)(H,30,33)/t18-,19?/m1/s1. The van der Waals surface area contributed by atoms with Gasteiger partial charge in [0.25, 0.3) is 5.91 Å². The number of benzene rings is 2. The number of nitrogens with one attached hydrogen (secondary N) is 1. The van der Waals surface area contributed by atoms with Gasteiger partial charge in [-0.25, -0.2) is 13.8 Å². The van der Waals surface area contributed by atoms with E-state index < -0.39 is 29.8 Å². The number of ether oxygens (including phenoxy) is 1. The number of nitrogens with two attached hydrogens (primary N) is 1. The summed E-state index contributed by atoms with van der Waals surface area (Å²) in [6, 6.07) is 6.63. The average Bonchev–Trinajstić information content (AvgIpc) is 2.79. The maximum Gasteiger partial charge on any atom is 0.254 e. The van der Waals surface area contributed by atoms with E-state index >= 15 is 0 Å². The van der Waals surface area contributed by atoms with Gasteiger partial charge in [-0.2, -0.15) is 0 Å². The number of nitrogens with zero attached hydrogens (tertiary/aromatic N) is 5. The van der Waals surface area contributed by atoms with Crippen molar-refractivity contribution in [2.45, 2.75) is 25.6 Å². The summed E-state index contributed by atoms with van der Waals surface area (Å²) < 4.78 is 34.2. The summed E-state index contributed by atoms with van der Waals surface area (Å²) in [6.07, 6.45) is 0.343. The fourth-order valence-electron chi connectivity index (χ4n) is 3.30. The minimum atomic E-state index is -0.929. The molecule has 34 heavy (non-hydrogen) atoms. The Balaban J connectivity index is 1.79. The molecule has 0 saturated carbocycles. The first-order chi connectivity index (χ1) is 16.3. The molecule has 3 N–H and O–H groups in total. The molecule has 178 valence electrons. The van der Waals surface area contributed by atoms with Gasteiger partial charge in [0.1, 0.15) is 23.2 Å². The van der Waals surface area contributed by atoms with Crippen LogP contribution in [0.25, 0.3) is 10.4 Å². The number of azide groups is 1. The number of carbonyl (C=O) groups is 1.